The van der Waals surface area contributed by atoms with Crippen LogP contribution >= 0.6 is 0 Å². The van der Waals surface area contributed by atoms with E-state index in [0.29, 0.717) is 16.7 Å². The lowest BCUT2D eigenvalue weighted by Gasteiger charge is -2.16. The predicted octanol–water partition coefficient (Wildman–Crippen LogP) is 6.40. The fourth-order valence-corrected chi connectivity index (χ4v) is 5.59. The average Bonchev–Trinajstić information content (AvgIpc) is 3.65. The largest absolute Gasteiger partial charge is 0.417 e. The van der Waals surface area contributed by atoms with Gasteiger partial charge in [0, 0.05) is 11.1 Å². The van der Waals surface area contributed by atoms with Gasteiger partial charge in [0.25, 0.3) is 24.4 Å². The van der Waals surface area contributed by atoms with E-state index in [1.165, 1.54) is 30.3 Å². The van der Waals surface area contributed by atoms with Crippen LogP contribution in [0.3, 0.4) is 0 Å². The first-order chi connectivity index (χ1) is 25.3. The second-order valence-electron chi connectivity index (χ2n) is 11.4. The monoisotopic (exact) mass is 694 g/mol. The maximum atomic E-state index is 13.9. The molecule has 2 heterocycles. The van der Waals surface area contributed by atoms with Gasteiger partial charge in [0.05, 0.1) is 33.6 Å². The van der Waals surface area contributed by atoms with Gasteiger partial charge in [0.15, 0.2) is 0 Å². The van der Waals surface area contributed by atoms with Crippen LogP contribution in [0, 0.1) is 0 Å². The summed E-state index contributed by atoms with van der Waals surface area (Å²) >= 11 is 0. The highest BCUT2D eigenvalue weighted by Gasteiger charge is 2.36. The van der Waals surface area contributed by atoms with Crippen molar-refractivity contribution in [3.63, 3.8) is 0 Å². The van der Waals surface area contributed by atoms with Gasteiger partial charge in [0.1, 0.15) is 5.57 Å². The van der Waals surface area contributed by atoms with E-state index in [1.807, 2.05) is 0 Å². The van der Waals surface area contributed by atoms with Crippen molar-refractivity contribution >= 4 is 53.1 Å². The van der Waals surface area contributed by atoms with Crippen molar-refractivity contribution in [2.45, 2.75) is 12.6 Å². The molecule has 5 aromatic rings. The summed E-state index contributed by atoms with van der Waals surface area (Å²) in [5.41, 5.74) is 1.30. The van der Waals surface area contributed by atoms with E-state index in [1.54, 1.807) is 103 Å². The fraction of sp³-hybridized carbons (Fsp3) is 0.0500. The summed E-state index contributed by atoms with van der Waals surface area (Å²) in [5, 5.41) is 5.23. The minimum absolute atomic E-state index is 0.0113. The first kappa shape index (κ1) is 33.2. The molecule has 5 aromatic carbocycles. The zero-order valence-electron chi connectivity index (χ0n) is 26.9. The van der Waals surface area contributed by atoms with Gasteiger partial charge in [-0.25, -0.2) is 19.2 Å². The summed E-state index contributed by atoms with van der Waals surface area (Å²) in [6.45, 7) is 0. The lowest BCUT2D eigenvalue weighted by Crippen LogP contribution is -2.27. The number of ether oxygens (including phenoxy) is 4. The Hall–Kier alpha value is -7.34. The Labute approximate surface area is 295 Å². The van der Waals surface area contributed by atoms with Gasteiger partial charge >= 0.3 is 23.9 Å². The van der Waals surface area contributed by atoms with Crippen LogP contribution in [-0.4, -0.2) is 35.7 Å². The molecule has 7 rings (SSSR count). The van der Waals surface area contributed by atoms with Gasteiger partial charge in [-0.3, -0.25) is 9.59 Å². The smallest absolute Gasteiger partial charge is 0.343 e. The topological polar surface area (TPSA) is 163 Å². The molecule has 12 heteroatoms. The van der Waals surface area contributed by atoms with Gasteiger partial charge < -0.3 is 29.6 Å². The zero-order chi connectivity index (χ0) is 36.2. The standard InChI is InChI=1S/C40H26N2O10/c43-33(41-31-20-10-8-18-28(31)37(47)51-39-26-16-6-4-14-24(26)35(45)49-39)30(22-23-12-2-1-3-13-23)34(44)42-32-21-11-9-19-29(32)38(48)52-40-27-17-7-5-15-25(27)36(46)50-40/h1-22,39-40H,(H,41,43)(H,42,44). The van der Waals surface area contributed by atoms with Crippen molar-refractivity contribution < 1.29 is 47.7 Å². The number of hydrogen-bond donors (Lipinski definition) is 2. The van der Waals surface area contributed by atoms with Crippen molar-refractivity contribution in [3.8, 4) is 0 Å². The van der Waals surface area contributed by atoms with Crippen LogP contribution in [-0.2, 0) is 28.5 Å². The molecular weight excluding hydrogens is 668 g/mol. The molecule has 0 aliphatic carbocycles. The minimum atomic E-state index is -1.29. The molecule has 0 fully saturated rings. The van der Waals surface area contributed by atoms with Crippen molar-refractivity contribution in [3.05, 3.63) is 172 Å². The first-order valence-electron chi connectivity index (χ1n) is 15.9. The fourth-order valence-electron chi connectivity index (χ4n) is 5.59. The number of hydrogen-bond acceptors (Lipinski definition) is 10. The predicted molar refractivity (Wildman–Crippen MR) is 185 cm³/mol. The summed E-state index contributed by atoms with van der Waals surface area (Å²) < 4.78 is 21.5. The first-order valence-corrected chi connectivity index (χ1v) is 15.9. The number of amides is 2. The SMILES string of the molecule is O=C(Nc1ccccc1C(=O)OC1OC(=O)c2ccccc21)C(=Cc1ccccc1)C(=O)Nc1ccccc1C(=O)OC1OC(=O)c2ccccc21. The Morgan fingerprint density at radius 2 is 0.923 bits per heavy atom. The highest BCUT2D eigenvalue weighted by Crippen LogP contribution is 2.34. The molecule has 0 saturated carbocycles. The Bertz CT molecular complexity index is 2160. The number of benzene rings is 5. The van der Waals surface area contributed by atoms with E-state index < -0.39 is 48.3 Å². The number of para-hydroxylation sites is 2. The van der Waals surface area contributed by atoms with E-state index in [2.05, 4.69) is 10.6 Å². The molecule has 256 valence electrons. The van der Waals surface area contributed by atoms with Gasteiger partial charge in [-0.2, -0.15) is 0 Å². The highest BCUT2D eigenvalue weighted by molar-refractivity contribution is 6.29. The van der Waals surface area contributed by atoms with Crippen molar-refractivity contribution in [2.75, 3.05) is 10.6 Å². The lowest BCUT2D eigenvalue weighted by atomic mass is 10.1. The third-order valence-corrected chi connectivity index (χ3v) is 8.12. The molecule has 2 amide bonds. The Kier molecular flexibility index (Phi) is 9.09. The van der Waals surface area contributed by atoms with Gasteiger partial charge in [-0.1, -0.05) is 91.0 Å². The van der Waals surface area contributed by atoms with Crippen LogP contribution in [0.2, 0.25) is 0 Å². The number of rotatable bonds is 9. The Morgan fingerprint density at radius 1 is 0.519 bits per heavy atom. The normalized spacial score (nSPS) is 15.2. The van der Waals surface area contributed by atoms with Crippen molar-refractivity contribution in [1.82, 2.24) is 0 Å². The highest BCUT2D eigenvalue weighted by atomic mass is 16.7. The summed E-state index contributed by atoms with van der Waals surface area (Å²) in [5.74, 6) is -4.86. The van der Waals surface area contributed by atoms with E-state index in [0.717, 1.165) is 0 Å². The number of anilines is 2. The van der Waals surface area contributed by atoms with E-state index in [9.17, 15) is 28.8 Å². The molecular formula is C40H26N2O10. The number of esters is 4. The third kappa shape index (κ3) is 6.76. The summed E-state index contributed by atoms with van der Waals surface area (Å²) in [7, 11) is 0. The molecule has 0 spiro atoms. The Morgan fingerprint density at radius 3 is 1.40 bits per heavy atom. The van der Waals surface area contributed by atoms with Crippen LogP contribution in [0.15, 0.2) is 133 Å². The molecule has 0 radical (unpaired) electrons. The van der Waals surface area contributed by atoms with Crippen LogP contribution in [0.25, 0.3) is 6.08 Å². The van der Waals surface area contributed by atoms with Gasteiger partial charge in [0.2, 0.25) is 0 Å². The third-order valence-electron chi connectivity index (χ3n) is 8.12. The molecule has 0 aromatic heterocycles. The maximum absolute atomic E-state index is 13.9. The van der Waals surface area contributed by atoms with Crippen LogP contribution < -0.4 is 10.6 Å². The molecule has 52 heavy (non-hydrogen) atoms. The van der Waals surface area contributed by atoms with Crippen molar-refractivity contribution in [2.24, 2.45) is 0 Å². The summed E-state index contributed by atoms with van der Waals surface area (Å²) in [6, 6.07) is 33.5. The molecule has 12 nitrogen and oxygen atoms in total. The molecule has 2 atom stereocenters. The van der Waals surface area contributed by atoms with Crippen LogP contribution in [0.4, 0.5) is 11.4 Å². The average molecular weight is 695 g/mol. The summed E-state index contributed by atoms with van der Waals surface area (Å²) in [4.78, 5) is 78.9. The molecule has 2 aliphatic rings. The maximum Gasteiger partial charge on any atom is 0.343 e. The zero-order valence-corrected chi connectivity index (χ0v) is 26.9. The Balaban J connectivity index is 1.12. The van der Waals surface area contributed by atoms with E-state index in [-0.39, 0.29) is 39.2 Å². The second kappa shape index (κ2) is 14.3. The molecule has 2 unspecified atom stereocenters. The minimum Gasteiger partial charge on any atom is -0.417 e. The molecule has 2 N–H and O–H groups in total. The van der Waals surface area contributed by atoms with Crippen molar-refractivity contribution in [1.29, 1.82) is 0 Å². The van der Waals surface area contributed by atoms with Crippen LogP contribution in [0.5, 0.6) is 0 Å². The number of carbonyl (C=O) groups is 6. The molecule has 0 saturated heterocycles. The van der Waals surface area contributed by atoms with E-state index in [4.69, 9.17) is 18.9 Å². The lowest BCUT2D eigenvalue weighted by molar-refractivity contribution is -0.118. The number of carbonyl (C=O) groups excluding carboxylic acids is 6. The summed E-state index contributed by atoms with van der Waals surface area (Å²) in [6.07, 6.45) is -1.24. The number of cyclic esters (lactones) is 2. The van der Waals surface area contributed by atoms with Gasteiger partial charge in [-0.15, -0.1) is 0 Å². The number of fused-ring (bicyclic) bond motifs is 2. The molecule has 2 aliphatic heterocycles. The van der Waals surface area contributed by atoms with E-state index >= 15 is 0 Å². The second-order valence-corrected chi connectivity index (χ2v) is 11.4. The van der Waals surface area contributed by atoms with Crippen LogP contribution in [0.1, 0.15) is 70.7 Å². The van der Waals surface area contributed by atoms with Gasteiger partial charge in [-0.05, 0) is 48.0 Å². The molecule has 0 bridgehead atoms. The quantitative estimate of drug-likeness (QED) is 0.0764. The number of nitrogens with one attached hydrogen (secondary N) is 2.